The van der Waals surface area contributed by atoms with E-state index in [2.05, 4.69) is 39.4 Å². The van der Waals surface area contributed by atoms with Crippen LogP contribution in [0.15, 0.2) is 12.3 Å². The first-order chi connectivity index (χ1) is 6.04. The maximum Gasteiger partial charge on any atom is 0.106 e. The molecule has 0 N–H and O–H groups in total. The van der Waals surface area contributed by atoms with E-state index in [9.17, 15) is 0 Å². The molecule has 0 rings (SSSR count). The average Bonchev–Trinajstić information content (AvgIpc) is 2.04. The Balaban J connectivity index is 4.32. The molecule has 0 amide bonds. The number of hydrogen-bond donors (Lipinski definition) is 0. The van der Waals surface area contributed by atoms with Crippen LogP contribution in [0.1, 0.15) is 26.7 Å². The third kappa shape index (κ3) is 3.81. The zero-order valence-corrected chi connectivity index (χ0v) is 9.63. The van der Waals surface area contributed by atoms with Crippen molar-refractivity contribution in [2.45, 2.75) is 32.7 Å². The van der Waals surface area contributed by atoms with Gasteiger partial charge in [0.1, 0.15) is 5.76 Å². The molecule has 0 spiro atoms. The summed E-state index contributed by atoms with van der Waals surface area (Å²) in [4.78, 5) is 2.17. The lowest BCUT2D eigenvalue weighted by molar-refractivity contribution is 0.154. The summed E-state index contributed by atoms with van der Waals surface area (Å²) in [5.74, 6) is 1.47. The number of likely N-dealkylation sites (N-methyl/N-ethyl adjacent to an activating group) is 1. The zero-order chi connectivity index (χ0) is 10.4. The summed E-state index contributed by atoms with van der Waals surface area (Å²) in [6.07, 6.45) is 2.42. The molecule has 2 nitrogen and oxygen atoms in total. The van der Waals surface area contributed by atoms with E-state index >= 15 is 0 Å². The number of hydrogen-bond acceptors (Lipinski definition) is 2. The quantitative estimate of drug-likeness (QED) is 0.590. The second-order valence-corrected chi connectivity index (χ2v) is 3.84. The molecule has 0 heterocycles. The van der Waals surface area contributed by atoms with Crippen molar-refractivity contribution >= 4 is 0 Å². The van der Waals surface area contributed by atoms with Crippen molar-refractivity contribution in [2.75, 3.05) is 21.2 Å². The largest absolute Gasteiger partial charge is 0.500 e. The normalized spacial score (nSPS) is 15.5. The molecule has 0 aliphatic carbocycles. The fourth-order valence-corrected chi connectivity index (χ4v) is 1.85. The summed E-state index contributed by atoms with van der Waals surface area (Å²) in [5, 5.41) is 0. The molecule has 0 bridgehead atoms. The van der Waals surface area contributed by atoms with Crippen molar-refractivity contribution in [3.63, 3.8) is 0 Å². The minimum Gasteiger partial charge on any atom is -0.500 e. The molecule has 0 saturated carbocycles. The molecule has 2 unspecified atom stereocenters. The number of ether oxygens (including phenoxy) is 1. The third-order valence-corrected chi connectivity index (χ3v) is 2.43. The van der Waals surface area contributed by atoms with Crippen molar-refractivity contribution < 1.29 is 4.74 Å². The van der Waals surface area contributed by atoms with Crippen LogP contribution in [0, 0.1) is 5.92 Å². The fraction of sp³-hybridized carbons (Fsp3) is 0.818. The van der Waals surface area contributed by atoms with Crippen LogP contribution in [0.5, 0.6) is 0 Å². The predicted octanol–water partition coefficient (Wildman–Crippen LogP) is 2.51. The fourth-order valence-electron chi connectivity index (χ4n) is 1.85. The van der Waals surface area contributed by atoms with Crippen LogP contribution in [0.25, 0.3) is 0 Å². The first kappa shape index (κ1) is 12.5. The summed E-state index contributed by atoms with van der Waals surface area (Å²) < 4.78 is 5.20. The van der Waals surface area contributed by atoms with E-state index in [0.29, 0.717) is 12.0 Å². The molecular formula is C11H23NO. The summed E-state index contributed by atoms with van der Waals surface area (Å²) in [6.45, 7) is 8.39. The molecule has 0 aliphatic heterocycles. The highest BCUT2D eigenvalue weighted by Crippen LogP contribution is 2.20. The topological polar surface area (TPSA) is 12.5 Å². The Bertz CT molecular complexity index is 154. The van der Waals surface area contributed by atoms with Crippen LogP contribution in [0.3, 0.4) is 0 Å². The minimum atomic E-state index is 0.338. The molecule has 0 aromatic heterocycles. The Labute approximate surface area is 82.6 Å². The van der Waals surface area contributed by atoms with Gasteiger partial charge in [-0.25, -0.2) is 0 Å². The van der Waals surface area contributed by atoms with Gasteiger partial charge in [-0.2, -0.15) is 0 Å². The molecule has 0 aliphatic rings. The summed E-state index contributed by atoms with van der Waals surface area (Å²) in [5.41, 5.74) is 0. The molecular weight excluding hydrogens is 162 g/mol. The monoisotopic (exact) mass is 185 g/mol. The van der Waals surface area contributed by atoms with Crippen molar-refractivity contribution in [1.82, 2.24) is 4.90 Å². The van der Waals surface area contributed by atoms with Crippen molar-refractivity contribution in [3.8, 4) is 0 Å². The van der Waals surface area contributed by atoms with Crippen LogP contribution in [0.2, 0.25) is 0 Å². The first-order valence-corrected chi connectivity index (χ1v) is 4.93. The van der Waals surface area contributed by atoms with Gasteiger partial charge in [0.25, 0.3) is 0 Å². The predicted molar refractivity (Wildman–Crippen MR) is 57.7 cm³/mol. The highest BCUT2D eigenvalue weighted by Gasteiger charge is 2.22. The van der Waals surface area contributed by atoms with Gasteiger partial charge in [0.05, 0.1) is 13.2 Å². The molecule has 0 saturated heterocycles. The molecule has 0 aromatic rings. The smallest absolute Gasteiger partial charge is 0.106 e. The molecule has 2 heteroatoms. The second kappa shape index (κ2) is 6.03. The summed E-state index contributed by atoms with van der Waals surface area (Å²) in [6, 6.07) is 0.338. The van der Waals surface area contributed by atoms with E-state index in [1.165, 1.54) is 12.8 Å². The number of nitrogens with zero attached hydrogens (tertiary/aromatic N) is 1. The number of rotatable bonds is 6. The van der Waals surface area contributed by atoms with Crippen LogP contribution in [-0.4, -0.2) is 32.1 Å². The maximum absolute atomic E-state index is 5.20. The Morgan fingerprint density at radius 1 is 1.46 bits per heavy atom. The standard InChI is InChI=1S/C11H23NO/c1-7-8-9(2)11(12(4)5)10(3)13-6/h9,11H,3,7-8H2,1-2,4-6H3. The van der Waals surface area contributed by atoms with Crippen molar-refractivity contribution in [1.29, 1.82) is 0 Å². The second-order valence-electron chi connectivity index (χ2n) is 3.84. The van der Waals surface area contributed by atoms with Gasteiger partial charge in [0, 0.05) is 0 Å². The van der Waals surface area contributed by atoms with E-state index in [1.54, 1.807) is 7.11 Å². The van der Waals surface area contributed by atoms with E-state index in [1.807, 2.05) is 0 Å². The van der Waals surface area contributed by atoms with Gasteiger partial charge in [0.15, 0.2) is 0 Å². The van der Waals surface area contributed by atoms with Crippen LogP contribution < -0.4 is 0 Å². The van der Waals surface area contributed by atoms with E-state index < -0.39 is 0 Å². The molecule has 2 atom stereocenters. The molecule has 0 radical (unpaired) electrons. The van der Waals surface area contributed by atoms with Gasteiger partial charge in [-0.15, -0.1) is 0 Å². The van der Waals surface area contributed by atoms with Gasteiger partial charge < -0.3 is 4.74 Å². The summed E-state index contributed by atoms with van der Waals surface area (Å²) in [7, 11) is 5.83. The Morgan fingerprint density at radius 2 is 2.00 bits per heavy atom. The lowest BCUT2D eigenvalue weighted by Gasteiger charge is -2.30. The van der Waals surface area contributed by atoms with E-state index in [4.69, 9.17) is 4.74 Å². The molecule has 0 aromatic carbocycles. The van der Waals surface area contributed by atoms with Gasteiger partial charge in [-0.05, 0) is 26.4 Å². The lowest BCUT2D eigenvalue weighted by Crippen LogP contribution is -2.36. The van der Waals surface area contributed by atoms with Gasteiger partial charge >= 0.3 is 0 Å². The highest BCUT2D eigenvalue weighted by molar-refractivity contribution is 4.99. The average molecular weight is 185 g/mol. The Hall–Kier alpha value is -0.500. The molecule has 0 fully saturated rings. The lowest BCUT2D eigenvalue weighted by atomic mass is 9.95. The van der Waals surface area contributed by atoms with Gasteiger partial charge in [-0.3, -0.25) is 4.90 Å². The van der Waals surface area contributed by atoms with Crippen LogP contribution in [-0.2, 0) is 4.74 Å². The van der Waals surface area contributed by atoms with E-state index in [0.717, 1.165) is 5.76 Å². The Kier molecular flexibility index (Phi) is 5.80. The van der Waals surface area contributed by atoms with Gasteiger partial charge in [-0.1, -0.05) is 26.8 Å². The first-order valence-electron chi connectivity index (χ1n) is 4.93. The van der Waals surface area contributed by atoms with Crippen molar-refractivity contribution in [2.24, 2.45) is 5.92 Å². The SMILES string of the molecule is C=C(OC)C(C(C)CCC)N(C)C. The highest BCUT2D eigenvalue weighted by atomic mass is 16.5. The summed E-state index contributed by atoms with van der Waals surface area (Å²) >= 11 is 0. The maximum atomic E-state index is 5.20. The third-order valence-electron chi connectivity index (χ3n) is 2.43. The van der Waals surface area contributed by atoms with Gasteiger partial charge in [0.2, 0.25) is 0 Å². The van der Waals surface area contributed by atoms with Crippen molar-refractivity contribution in [3.05, 3.63) is 12.3 Å². The minimum absolute atomic E-state index is 0.338. The zero-order valence-electron chi connectivity index (χ0n) is 9.63. The van der Waals surface area contributed by atoms with E-state index in [-0.39, 0.29) is 0 Å². The molecule has 13 heavy (non-hydrogen) atoms. The Morgan fingerprint density at radius 3 is 2.31 bits per heavy atom. The van der Waals surface area contributed by atoms with Crippen LogP contribution >= 0.6 is 0 Å². The van der Waals surface area contributed by atoms with Crippen LogP contribution in [0.4, 0.5) is 0 Å². The number of methoxy groups -OCH3 is 1. The molecule has 78 valence electrons.